The van der Waals surface area contributed by atoms with E-state index in [-0.39, 0.29) is 5.82 Å². The van der Waals surface area contributed by atoms with Crippen molar-refractivity contribution in [1.82, 2.24) is 15.2 Å². The van der Waals surface area contributed by atoms with E-state index in [1.165, 1.54) is 23.9 Å². The number of nitrogens with one attached hydrogen (secondary N) is 1. The monoisotopic (exact) mass is 336 g/mol. The minimum atomic E-state index is -0.256. The Morgan fingerprint density at radius 3 is 2.54 bits per heavy atom. The van der Waals surface area contributed by atoms with Gasteiger partial charge in [-0.15, -0.1) is 5.10 Å². The van der Waals surface area contributed by atoms with E-state index >= 15 is 0 Å². The largest absolute Gasteiger partial charge is 0.259 e. The van der Waals surface area contributed by atoms with Gasteiger partial charge in [0.25, 0.3) is 0 Å². The second-order valence-corrected chi connectivity index (χ2v) is 5.93. The van der Waals surface area contributed by atoms with Crippen LogP contribution in [0.3, 0.4) is 0 Å². The van der Waals surface area contributed by atoms with Crippen LogP contribution in [0.15, 0.2) is 53.7 Å². The van der Waals surface area contributed by atoms with Crippen LogP contribution < -0.4 is 0 Å². The molecule has 6 heteroatoms. The van der Waals surface area contributed by atoms with E-state index in [1.807, 2.05) is 18.2 Å². The first kappa shape index (κ1) is 16.0. The van der Waals surface area contributed by atoms with Crippen molar-refractivity contribution in [2.45, 2.75) is 10.9 Å². The van der Waals surface area contributed by atoms with Crippen LogP contribution in [0.1, 0.15) is 22.5 Å². The van der Waals surface area contributed by atoms with Crippen molar-refractivity contribution in [1.29, 1.82) is 5.26 Å². The van der Waals surface area contributed by atoms with Crippen LogP contribution in [0.4, 0.5) is 4.39 Å². The lowest BCUT2D eigenvalue weighted by Gasteiger charge is -1.97. The number of aromatic nitrogens is 3. The maximum Gasteiger partial charge on any atom is 0.209 e. The Balaban J connectivity index is 1.58. The highest BCUT2D eigenvalue weighted by Gasteiger charge is 2.03. The Kier molecular flexibility index (Phi) is 5.04. The highest BCUT2D eigenvalue weighted by molar-refractivity contribution is 7.98. The average molecular weight is 336 g/mol. The molecule has 0 radical (unpaired) electrons. The third kappa shape index (κ3) is 4.31. The highest BCUT2D eigenvalue weighted by atomic mass is 32.2. The molecule has 0 saturated heterocycles. The van der Waals surface area contributed by atoms with Crippen molar-refractivity contribution < 1.29 is 4.39 Å². The summed E-state index contributed by atoms with van der Waals surface area (Å²) in [6.07, 6.45) is 3.64. The fraction of sp³-hybridized carbons (Fsp3) is 0.0556. The van der Waals surface area contributed by atoms with Gasteiger partial charge in [0, 0.05) is 5.75 Å². The van der Waals surface area contributed by atoms with E-state index in [2.05, 4.69) is 21.3 Å². The van der Waals surface area contributed by atoms with Gasteiger partial charge in [0.1, 0.15) is 11.6 Å². The van der Waals surface area contributed by atoms with Gasteiger partial charge in [0.15, 0.2) is 0 Å². The van der Waals surface area contributed by atoms with Crippen LogP contribution in [0.25, 0.3) is 12.2 Å². The third-order valence-corrected chi connectivity index (χ3v) is 4.16. The second-order valence-electron chi connectivity index (χ2n) is 4.99. The molecule has 3 aromatic rings. The van der Waals surface area contributed by atoms with Gasteiger partial charge in [-0.25, -0.2) is 9.37 Å². The number of nitrogens with zero attached hydrogens (tertiary/aromatic N) is 3. The highest BCUT2D eigenvalue weighted by Crippen LogP contribution is 2.19. The summed E-state index contributed by atoms with van der Waals surface area (Å²) in [4.78, 5) is 4.37. The fourth-order valence-corrected chi connectivity index (χ4v) is 2.73. The molecule has 0 unspecified atom stereocenters. The van der Waals surface area contributed by atoms with E-state index in [4.69, 9.17) is 5.26 Å². The molecule has 1 N–H and O–H groups in total. The van der Waals surface area contributed by atoms with Gasteiger partial charge in [-0.1, -0.05) is 42.1 Å². The zero-order chi connectivity index (χ0) is 16.8. The van der Waals surface area contributed by atoms with E-state index < -0.39 is 0 Å². The Morgan fingerprint density at radius 1 is 1.08 bits per heavy atom. The number of thioether (sulfide) groups is 1. The van der Waals surface area contributed by atoms with Crippen molar-refractivity contribution in [2.24, 2.45) is 0 Å². The lowest BCUT2D eigenvalue weighted by molar-refractivity contribution is 0.628. The summed E-state index contributed by atoms with van der Waals surface area (Å²) in [6, 6.07) is 15.8. The van der Waals surface area contributed by atoms with Crippen molar-refractivity contribution in [3.8, 4) is 6.07 Å². The molecule has 2 aromatic carbocycles. The van der Waals surface area contributed by atoms with Crippen molar-refractivity contribution in [3.05, 3.63) is 76.9 Å². The maximum atomic E-state index is 12.8. The summed E-state index contributed by atoms with van der Waals surface area (Å²) in [6.45, 7) is 0. The summed E-state index contributed by atoms with van der Waals surface area (Å²) < 4.78 is 12.8. The average Bonchev–Trinajstić information content (AvgIpc) is 3.08. The number of hydrogen-bond acceptors (Lipinski definition) is 4. The first-order chi connectivity index (χ1) is 11.7. The Bertz CT molecular complexity index is 877. The molecule has 0 aliphatic heterocycles. The molecule has 118 valence electrons. The lowest BCUT2D eigenvalue weighted by Crippen LogP contribution is -1.83. The quantitative estimate of drug-likeness (QED) is 0.706. The molecule has 0 fully saturated rings. The predicted octanol–water partition coefficient (Wildman–Crippen LogP) is 4.28. The normalized spacial score (nSPS) is 10.8. The summed E-state index contributed by atoms with van der Waals surface area (Å²) in [7, 11) is 0. The van der Waals surface area contributed by atoms with Gasteiger partial charge in [-0.3, -0.25) is 5.10 Å². The third-order valence-electron chi connectivity index (χ3n) is 3.24. The topological polar surface area (TPSA) is 65.4 Å². The van der Waals surface area contributed by atoms with Gasteiger partial charge in [-0.05, 0) is 41.5 Å². The second kappa shape index (κ2) is 7.57. The molecule has 0 bridgehead atoms. The SMILES string of the molecule is N#Cc1ccc(CSc2n[nH]c(C=Cc3ccc(F)cc3)n2)cc1. The number of rotatable bonds is 5. The number of halogens is 1. The molecule has 0 amide bonds. The molecule has 3 rings (SSSR count). The summed E-state index contributed by atoms with van der Waals surface area (Å²) >= 11 is 1.51. The zero-order valence-corrected chi connectivity index (χ0v) is 13.4. The predicted molar refractivity (Wildman–Crippen MR) is 92.4 cm³/mol. The Hall–Kier alpha value is -2.91. The number of aromatic amines is 1. The lowest BCUT2D eigenvalue weighted by atomic mass is 10.2. The van der Waals surface area contributed by atoms with E-state index in [0.717, 1.165) is 16.9 Å². The summed E-state index contributed by atoms with van der Waals surface area (Å²) in [5.41, 5.74) is 2.64. The number of benzene rings is 2. The molecule has 24 heavy (non-hydrogen) atoms. The molecular formula is C18H13FN4S. The molecule has 0 aliphatic carbocycles. The first-order valence-corrected chi connectivity index (χ1v) is 8.19. The molecular weight excluding hydrogens is 323 g/mol. The van der Waals surface area contributed by atoms with Crippen molar-refractivity contribution in [2.75, 3.05) is 0 Å². The molecule has 0 atom stereocenters. The minimum absolute atomic E-state index is 0.256. The van der Waals surface area contributed by atoms with Crippen LogP contribution in [-0.2, 0) is 5.75 Å². The van der Waals surface area contributed by atoms with Crippen LogP contribution in [0, 0.1) is 17.1 Å². The maximum absolute atomic E-state index is 12.8. The number of nitriles is 1. The van der Waals surface area contributed by atoms with Gasteiger partial charge in [0.2, 0.25) is 5.16 Å². The molecule has 0 aliphatic rings. The molecule has 1 heterocycles. The first-order valence-electron chi connectivity index (χ1n) is 7.21. The van der Waals surface area contributed by atoms with Gasteiger partial charge < -0.3 is 0 Å². The Morgan fingerprint density at radius 2 is 1.83 bits per heavy atom. The van der Waals surface area contributed by atoms with Crippen LogP contribution >= 0.6 is 11.8 Å². The molecule has 1 aromatic heterocycles. The van der Waals surface area contributed by atoms with E-state index in [9.17, 15) is 4.39 Å². The molecule has 0 spiro atoms. The van der Waals surface area contributed by atoms with Gasteiger partial charge in [-0.2, -0.15) is 5.26 Å². The van der Waals surface area contributed by atoms with Crippen LogP contribution in [0.5, 0.6) is 0 Å². The molecule has 0 saturated carbocycles. The van der Waals surface area contributed by atoms with Crippen molar-refractivity contribution in [3.63, 3.8) is 0 Å². The summed E-state index contributed by atoms with van der Waals surface area (Å²) in [5.74, 6) is 1.11. The zero-order valence-electron chi connectivity index (χ0n) is 12.6. The summed E-state index contributed by atoms with van der Waals surface area (Å²) in [5, 5.41) is 16.4. The van der Waals surface area contributed by atoms with Gasteiger partial charge in [0.05, 0.1) is 11.6 Å². The number of H-pyrrole nitrogens is 1. The molecule has 4 nitrogen and oxygen atoms in total. The van der Waals surface area contributed by atoms with Gasteiger partial charge >= 0.3 is 0 Å². The van der Waals surface area contributed by atoms with Crippen LogP contribution in [0.2, 0.25) is 0 Å². The van der Waals surface area contributed by atoms with E-state index in [1.54, 1.807) is 30.3 Å². The standard InChI is InChI=1S/C18H13FN4S/c19-16-8-5-13(6-9-16)7-10-17-21-18(23-22-17)24-12-15-3-1-14(11-20)2-4-15/h1-10H,12H2,(H,21,22,23). The minimum Gasteiger partial charge on any atom is -0.259 e. The fourth-order valence-electron chi connectivity index (χ4n) is 1.97. The Labute approximate surface area is 143 Å². The number of hydrogen-bond donors (Lipinski definition) is 1. The van der Waals surface area contributed by atoms with Crippen LogP contribution in [-0.4, -0.2) is 15.2 Å². The van der Waals surface area contributed by atoms with Crippen molar-refractivity contribution >= 4 is 23.9 Å². The smallest absolute Gasteiger partial charge is 0.209 e. The van der Waals surface area contributed by atoms with E-state index in [0.29, 0.717) is 16.5 Å².